The molecular weight excluding hydrogens is 1910 g/mol. The molecule has 2 fully saturated rings. The third-order valence-electron chi connectivity index (χ3n) is 22.5. The van der Waals surface area contributed by atoms with Crippen LogP contribution in [0, 0.1) is 23.7 Å². The first-order valence-electron chi connectivity index (χ1n) is 47.1. The number of primary amides is 1. The van der Waals surface area contributed by atoms with Gasteiger partial charge in [0.05, 0.1) is 50.5 Å². The molecule has 2 aliphatic heterocycles. The number of carboxylic acid groups (broad SMARTS) is 2. The van der Waals surface area contributed by atoms with Gasteiger partial charge >= 0.3 is 11.9 Å². The van der Waals surface area contributed by atoms with E-state index in [9.17, 15) is 136 Å². The second-order valence-electron chi connectivity index (χ2n) is 36.7. The monoisotopic (exact) mass is 2060 g/mol. The van der Waals surface area contributed by atoms with E-state index in [0.717, 1.165) is 27.7 Å². The second kappa shape index (κ2) is 63.9. The molecule has 0 aromatic carbocycles. The zero-order chi connectivity index (χ0) is 108. The molecule has 2 aliphatic rings. The zero-order valence-corrected chi connectivity index (χ0v) is 84.6. The first-order valence-corrected chi connectivity index (χ1v) is 49.2. The highest BCUT2D eigenvalue weighted by atomic mass is 32.2. The summed E-state index contributed by atoms with van der Waals surface area (Å²) in [5, 5.41) is 102. The minimum absolute atomic E-state index is 0.0215. The molecule has 0 unspecified atom stereocenters. The SMILES string of the molecule is CSCC[C@H](NC(=O)[C@H](CC(=O)O)NC(=O)[C@@H](NC(=O)CNC(=O)[C@@H](NC(=O)[C@H](CS)NC(=O)[C@@H](NC(=O)[C@H](CCC(N)=O)NC(=O)[C@@H](NC(=O)[C@H](CO)NC(=O)[C@H](C)NC(=O)[C@H](C)NC(=O)CNC(=O)[C@@H]1CCCN1C(=O)[C@@H]1CCCN1C(=O)[C@@H](N)CC(C)C)[C@@H](C)O)C(C)C)[C@@H](C)O)[C@@H](C)O)C(=O)N[C@@H](CCCCN)C(=O)N[C@@H](CC(C)C)C(=O)N[C@@H](CCCN=C(N)N)C(=O)N[C@@H](CC(C)C)C(=O)O. The minimum Gasteiger partial charge on any atom is -0.481 e. The van der Waals surface area contributed by atoms with Crippen molar-refractivity contribution in [2.75, 3.05) is 63.6 Å². The molecule has 2 saturated heterocycles. The van der Waals surface area contributed by atoms with Gasteiger partial charge in [0.2, 0.25) is 118 Å². The van der Waals surface area contributed by atoms with Crippen molar-refractivity contribution < 1.29 is 136 Å². The highest BCUT2D eigenvalue weighted by Crippen LogP contribution is 2.27. The number of guanidine groups is 1. The summed E-state index contributed by atoms with van der Waals surface area (Å²) >= 11 is 5.37. The predicted molar refractivity (Wildman–Crippen MR) is 517 cm³/mol. The van der Waals surface area contributed by atoms with Crippen LogP contribution in [0.4, 0.5) is 0 Å². The number of rotatable bonds is 65. The van der Waals surface area contributed by atoms with E-state index in [4.69, 9.17) is 28.7 Å². The number of aliphatic imine (C=N–C) groups is 1. The maximum atomic E-state index is 14.4. The molecule has 0 aromatic heterocycles. The summed E-state index contributed by atoms with van der Waals surface area (Å²) in [6, 6.07) is -27.7. The van der Waals surface area contributed by atoms with E-state index in [-0.39, 0.29) is 106 Å². The Morgan fingerprint density at radius 3 is 1.32 bits per heavy atom. The smallest absolute Gasteiger partial charge is 0.326 e. The van der Waals surface area contributed by atoms with Crippen LogP contribution in [-0.4, -0.2) is 367 Å². The number of nitrogens with zero attached hydrogens (tertiary/aromatic N) is 3. The fraction of sp³-hybridized carbons (Fsp3) is 0.736. The molecular formula is C87H151N25O28S2. The number of likely N-dealkylation sites (tertiary alicyclic amines) is 2. The molecule has 2 rings (SSSR count). The number of thioether (sulfide) groups is 1. The molecule has 33 N–H and O–H groups in total. The number of aliphatic carboxylic acids is 2. The number of unbranched alkanes of at least 4 members (excludes halogenated alkanes) is 1. The number of nitrogens with two attached hydrogens (primary N) is 5. The topological polar surface area (TPSA) is 850 Å². The molecule has 0 saturated carbocycles. The molecule has 0 radical (unpaired) electrons. The van der Waals surface area contributed by atoms with Gasteiger partial charge in [-0.05, 0) is 167 Å². The van der Waals surface area contributed by atoms with E-state index >= 15 is 0 Å². The van der Waals surface area contributed by atoms with Crippen LogP contribution in [0.2, 0.25) is 0 Å². The number of carbonyl (C=O) groups excluding carboxylic acids is 20. The number of hydrogen-bond donors (Lipinski definition) is 29. The van der Waals surface area contributed by atoms with E-state index in [1.807, 2.05) is 13.8 Å². The fourth-order valence-corrected chi connectivity index (χ4v) is 15.6. The van der Waals surface area contributed by atoms with E-state index < -0.39 is 302 Å². The average molecular weight is 2060 g/mol. The fourth-order valence-electron chi connectivity index (χ4n) is 14.9. The van der Waals surface area contributed by atoms with Gasteiger partial charge in [0.15, 0.2) is 5.96 Å². The summed E-state index contributed by atoms with van der Waals surface area (Å²) in [5.74, 6) is -25.2. The minimum atomic E-state index is -2.07. The molecule has 0 aliphatic carbocycles. The first-order chi connectivity index (χ1) is 66.4. The summed E-state index contributed by atoms with van der Waals surface area (Å²) in [6.07, 6.45) is -3.77. The van der Waals surface area contributed by atoms with Crippen LogP contribution in [0.25, 0.3) is 0 Å². The van der Waals surface area contributed by atoms with Crippen LogP contribution in [0.1, 0.15) is 193 Å². The van der Waals surface area contributed by atoms with Crippen LogP contribution in [0.15, 0.2) is 4.99 Å². The van der Waals surface area contributed by atoms with Gasteiger partial charge in [-0.2, -0.15) is 24.4 Å². The first kappa shape index (κ1) is 126. The highest BCUT2D eigenvalue weighted by molar-refractivity contribution is 7.98. The molecule has 0 spiro atoms. The van der Waals surface area contributed by atoms with Crippen LogP contribution in [0.3, 0.4) is 0 Å². The summed E-state index contributed by atoms with van der Waals surface area (Å²) in [6.45, 7) is 16.9. The molecule has 20 amide bonds. The Balaban J connectivity index is 2.23. The van der Waals surface area contributed by atoms with E-state index in [1.54, 1.807) is 34.0 Å². The lowest BCUT2D eigenvalue weighted by atomic mass is 10.00. The number of aliphatic hydroxyl groups excluding tert-OH is 4. The highest BCUT2D eigenvalue weighted by Gasteiger charge is 2.45. The Kier molecular flexibility index (Phi) is 56.7. The maximum absolute atomic E-state index is 14.4. The Morgan fingerprint density at radius 1 is 0.423 bits per heavy atom. The third kappa shape index (κ3) is 44.7. The van der Waals surface area contributed by atoms with Crippen molar-refractivity contribution >= 4 is 160 Å². The normalized spacial score (nSPS) is 17.5. The largest absolute Gasteiger partial charge is 0.481 e. The summed E-state index contributed by atoms with van der Waals surface area (Å²) in [5.41, 5.74) is 28.3. The maximum Gasteiger partial charge on any atom is 0.326 e. The van der Waals surface area contributed by atoms with Crippen molar-refractivity contribution in [3.8, 4) is 0 Å². The quantitative estimate of drug-likeness (QED) is 0.0116. The van der Waals surface area contributed by atoms with Gasteiger partial charge in [0.25, 0.3) is 0 Å². The van der Waals surface area contributed by atoms with Crippen LogP contribution in [0.5, 0.6) is 0 Å². The van der Waals surface area contributed by atoms with Crippen molar-refractivity contribution in [3.63, 3.8) is 0 Å². The Hall–Kier alpha value is -11.9. The molecule has 142 heavy (non-hydrogen) atoms. The van der Waals surface area contributed by atoms with Crippen molar-refractivity contribution in [1.29, 1.82) is 0 Å². The van der Waals surface area contributed by atoms with Crippen LogP contribution in [-0.2, 0) is 105 Å². The zero-order valence-electron chi connectivity index (χ0n) is 82.9. The lowest BCUT2D eigenvalue weighted by Gasteiger charge is -2.32. The van der Waals surface area contributed by atoms with Gasteiger partial charge in [0, 0.05) is 31.8 Å². The van der Waals surface area contributed by atoms with Crippen molar-refractivity contribution in [2.45, 2.75) is 320 Å². The van der Waals surface area contributed by atoms with Crippen molar-refractivity contribution in [2.24, 2.45) is 57.3 Å². The molecule has 53 nitrogen and oxygen atoms in total. The Labute approximate surface area is 833 Å². The number of carbonyl (C=O) groups is 22. The standard InChI is InChI=1S/C87H151N25O28S2/c1-40(2)32-49(89)84(137)112-30-19-23-60(112)85(138)111-29-18-22-59(111)79(132)94-36-62(118)96-44(9)69(122)97-45(10)70(123)105-57(38-113)77(130)110-68(48(13)116)83(136)101-52(24-25-61(90)117)74(127)108-65(43(7)8)81(134)106-58(39-141)78(131)109-66(46(11)114)80(133)95-37-63(119)107-67(47(12)115)82(135)103-55(35-64(120)121)76(129)100-53(26-31-142-14)73(126)98-50(20-15-16-27-88)71(124)102-54(33-41(3)4)75(128)99-51(21-17-28-93-87(91)92)72(125)104-56(86(139)140)34-42(5)6/h40-60,65-68,113-116,141H,15-39,88-89H2,1-14H3,(H2,90,117)(H,94,132)(H,95,133)(H,96,118)(H,97,122)(H,98,126)(H,99,128)(H,100,129)(H,101,136)(H,102,124)(H,103,135)(H,104,125)(H,105,123)(H,106,134)(H,107,119)(H,108,127)(H,109,131)(H,110,130)(H,120,121)(H,139,140)(H4,91,92,93)/t44-,45-,46+,47+,48+,49-,50-,51-,52-,53-,54-,55-,56-,57-,58-,59-,60-,65-,66-,67-,68-/m0/s1. The number of thiol groups is 1. The Morgan fingerprint density at radius 2 is 0.824 bits per heavy atom. The lowest BCUT2D eigenvalue weighted by molar-refractivity contribution is -0.147. The molecule has 55 heteroatoms. The van der Waals surface area contributed by atoms with Crippen LogP contribution >= 0.6 is 24.4 Å². The van der Waals surface area contributed by atoms with E-state index in [2.05, 4.69) is 108 Å². The van der Waals surface area contributed by atoms with Crippen molar-refractivity contribution in [1.82, 2.24) is 100 Å². The number of aliphatic hydroxyl groups is 4. The number of carboxylic acids is 2. The van der Waals surface area contributed by atoms with Crippen LogP contribution < -0.4 is 119 Å². The predicted octanol–water partition coefficient (Wildman–Crippen LogP) is -10.5. The van der Waals surface area contributed by atoms with Gasteiger partial charge in [-0.15, -0.1) is 0 Å². The number of nitrogens with one attached hydrogen (secondary N) is 17. The summed E-state index contributed by atoms with van der Waals surface area (Å²) in [7, 11) is 0. The van der Waals surface area contributed by atoms with Gasteiger partial charge in [-0.25, -0.2) is 4.79 Å². The van der Waals surface area contributed by atoms with E-state index in [0.29, 0.717) is 38.6 Å². The van der Waals surface area contributed by atoms with Gasteiger partial charge in [-0.3, -0.25) is 106 Å². The number of hydrogen-bond acceptors (Lipinski definition) is 31. The molecule has 804 valence electrons. The Bertz CT molecular complexity index is 4340. The molecule has 21 atom stereocenters. The van der Waals surface area contributed by atoms with Gasteiger partial charge in [-0.1, -0.05) is 55.4 Å². The van der Waals surface area contributed by atoms with Gasteiger partial charge < -0.3 is 159 Å². The molecule has 0 aromatic rings. The van der Waals surface area contributed by atoms with Gasteiger partial charge in [0.1, 0.15) is 103 Å². The average Bonchev–Trinajstić information content (AvgIpc) is 1.65. The summed E-state index contributed by atoms with van der Waals surface area (Å²) < 4.78 is 0. The second-order valence-corrected chi connectivity index (χ2v) is 38.0. The molecule has 2 heterocycles. The van der Waals surface area contributed by atoms with Crippen molar-refractivity contribution in [3.05, 3.63) is 0 Å². The molecule has 0 bridgehead atoms. The third-order valence-corrected chi connectivity index (χ3v) is 23.6. The number of amides is 20. The van der Waals surface area contributed by atoms with E-state index in [1.165, 1.54) is 42.3 Å². The summed E-state index contributed by atoms with van der Waals surface area (Å²) in [4.78, 5) is 305. The lowest BCUT2D eigenvalue weighted by Crippen LogP contribution is -2.63.